The van der Waals surface area contributed by atoms with Crippen LogP contribution in [0.25, 0.3) is 0 Å². The van der Waals surface area contributed by atoms with E-state index >= 15 is 0 Å². The lowest BCUT2D eigenvalue weighted by molar-refractivity contribution is -0.123. The normalized spacial score (nSPS) is 15.1. The fourth-order valence-electron chi connectivity index (χ4n) is 1.30. The Balaban J connectivity index is 4.10. The van der Waals surface area contributed by atoms with E-state index in [4.69, 9.17) is 5.73 Å². The van der Waals surface area contributed by atoms with Gasteiger partial charge in [-0.3, -0.25) is 9.69 Å². The molecule has 0 aliphatic carbocycles. The molecule has 0 aromatic carbocycles. The van der Waals surface area contributed by atoms with Crippen molar-refractivity contribution in [1.82, 2.24) is 10.2 Å². The fraction of sp³-hybridized carbons (Fsp3) is 0.909. The fourth-order valence-corrected chi connectivity index (χ4v) is 1.30. The molecule has 0 heterocycles. The maximum atomic E-state index is 11.5. The van der Waals surface area contributed by atoms with Crippen LogP contribution >= 0.6 is 0 Å². The van der Waals surface area contributed by atoms with E-state index in [-0.39, 0.29) is 11.4 Å². The molecule has 0 fully saturated rings. The van der Waals surface area contributed by atoms with Crippen molar-refractivity contribution in [3.05, 3.63) is 0 Å². The molecule has 4 heteroatoms. The lowest BCUT2D eigenvalue weighted by Gasteiger charge is -2.36. The Morgan fingerprint density at radius 1 is 1.47 bits per heavy atom. The molecule has 0 radical (unpaired) electrons. The van der Waals surface area contributed by atoms with Gasteiger partial charge in [-0.15, -0.1) is 0 Å². The predicted molar refractivity (Wildman–Crippen MR) is 63.7 cm³/mol. The molecule has 0 spiro atoms. The largest absolute Gasteiger partial charge is 0.355 e. The number of carbonyl (C=O) groups excluding carboxylic acids is 1. The summed E-state index contributed by atoms with van der Waals surface area (Å²) in [4.78, 5) is 13.5. The molecule has 0 aromatic rings. The zero-order chi connectivity index (χ0) is 11.9. The Hall–Kier alpha value is -0.610. The van der Waals surface area contributed by atoms with Crippen molar-refractivity contribution in [1.29, 1.82) is 0 Å². The molecule has 0 saturated heterocycles. The average molecular weight is 215 g/mol. The number of nitrogens with one attached hydrogen (secondary N) is 1. The Kier molecular flexibility index (Phi) is 6.52. The van der Waals surface area contributed by atoms with Crippen LogP contribution in [0.1, 0.15) is 33.6 Å². The second kappa shape index (κ2) is 6.80. The highest BCUT2D eigenvalue weighted by molar-refractivity contribution is 5.78. The standard InChI is InChI=1S/C11H25N3O/c1-5-7-13-10(15)8-14(4)11(3,6-2)9-12/h5-9,12H2,1-4H3,(H,13,15). The first-order valence-corrected chi connectivity index (χ1v) is 5.68. The van der Waals surface area contributed by atoms with E-state index in [0.717, 1.165) is 19.4 Å². The first-order valence-electron chi connectivity index (χ1n) is 5.68. The summed E-state index contributed by atoms with van der Waals surface area (Å²) in [5.74, 6) is 0.0764. The monoisotopic (exact) mass is 215 g/mol. The number of amides is 1. The Labute approximate surface area is 93.2 Å². The minimum atomic E-state index is -0.0798. The maximum absolute atomic E-state index is 11.5. The van der Waals surface area contributed by atoms with Gasteiger partial charge >= 0.3 is 0 Å². The van der Waals surface area contributed by atoms with Crippen LogP contribution in [0.3, 0.4) is 0 Å². The van der Waals surface area contributed by atoms with Crippen molar-refractivity contribution in [3.63, 3.8) is 0 Å². The molecule has 3 N–H and O–H groups in total. The topological polar surface area (TPSA) is 58.4 Å². The van der Waals surface area contributed by atoms with Gasteiger partial charge < -0.3 is 11.1 Å². The summed E-state index contributed by atoms with van der Waals surface area (Å²) in [5, 5.41) is 2.86. The van der Waals surface area contributed by atoms with Crippen LogP contribution < -0.4 is 11.1 Å². The summed E-state index contributed by atoms with van der Waals surface area (Å²) >= 11 is 0. The third kappa shape index (κ3) is 4.62. The van der Waals surface area contributed by atoms with E-state index in [1.807, 2.05) is 18.9 Å². The van der Waals surface area contributed by atoms with Crippen LogP contribution in [0.5, 0.6) is 0 Å². The molecular weight excluding hydrogens is 190 g/mol. The van der Waals surface area contributed by atoms with Gasteiger partial charge in [0.15, 0.2) is 0 Å². The van der Waals surface area contributed by atoms with E-state index in [1.54, 1.807) is 0 Å². The second-order valence-electron chi connectivity index (χ2n) is 4.26. The molecule has 0 aliphatic heterocycles. The molecule has 0 aromatic heterocycles. The number of hydrogen-bond donors (Lipinski definition) is 2. The molecule has 90 valence electrons. The zero-order valence-corrected chi connectivity index (χ0v) is 10.5. The van der Waals surface area contributed by atoms with Gasteiger partial charge in [0.05, 0.1) is 6.54 Å². The second-order valence-corrected chi connectivity index (χ2v) is 4.26. The van der Waals surface area contributed by atoms with Crippen LogP contribution in [0.4, 0.5) is 0 Å². The van der Waals surface area contributed by atoms with Gasteiger partial charge in [0.2, 0.25) is 5.91 Å². The van der Waals surface area contributed by atoms with Gasteiger partial charge in [-0.25, -0.2) is 0 Å². The van der Waals surface area contributed by atoms with Gasteiger partial charge in [0.1, 0.15) is 0 Å². The van der Waals surface area contributed by atoms with Crippen LogP contribution in [0, 0.1) is 0 Å². The third-order valence-corrected chi connectivity index (χ3v) is 3.08. The highest BCUT2D eigenvalue weighted by Crippen LogP contribution is 2.15. The third-order valence-electron chi connectivity index (χ3n) is 3.08. The van der Waals surface area contributed by atoms with Crippen molar-refractivity contribution in [2.24, 2.45) is 5.73 Å². The molecule has 15 heavy (non-hydrogen) atoms. The first kappa shape index (κ1) is 14.4. The summed E-state index contributed by atoms with van der Waals surface area (Å²) in [6.45, 7) is 7.95. The van der Waals surface area contributed by atoms with Crippen LogP contribution in [-0.4, -0.2) is 43.0 Å². The molecule has 0 rings (SSSR count). The van der Waals surface area contributed by atoms with Gasteiger partial charge in [0, 0.05) is 18.6 Å². The SMILES string of the molecule is CCCNC(=O)CN(C)C(C)(CC)CN. The molecule has 1 amide bonds. The maximum Gasteiger partial charge on any atom is 0.234 e. The van der Waals surface area contributed by atoms with Gasteiger partial charge in [-0.05, 0) is 26.8 Å². The van der Waals surface area contributed by atoms with Crippen molar-refractivity contribution >= 4 is 5.91 Å². The Bertz CT molecular complexity index is 190. The molecule has 1 atom stereocenters. The summed E-state index contributed by atoms with van der Waals surface area (Å²) in [6.07, 6.45) is 1.92. The Morgan fingerprint density at radius 2 is 2.07 bits per heavy atom. The predicted octanol–water partition coefficient (Wildman–Crippen LogP) is 0.572. The van der Waals surface area contributed by atoms with Crippen LogP contribution in [0.2, 0.25) is 0 Å². The number of hydrogen-bond acceptors (Lipinski definition) is 3. The number of nitrogens with two attached hydrogens (primary N) is 1. The van der Waals surface area contributed by atoms with E-state index in [9.17, 15) is 4.79 Å². The molecule has 0 bridgehead atoms. The smallest absolute Gasteiger partial charge is 0.234 e. The number of likely N-dealkylation sites (N-methyl/N-ethyl adjacent to an activating group) is 1. The molecule has 0 saturated carbocycles. The first-order chi connectivity index (χ1) is 7.00. The van der Waals surface area contributed by atoms with Crippen LogP contribution in [-0.2, 0) is 4.79 Å². The number of nitrogens with zero attached hydrogens (tertiary/aromatic N) is 1. The van der Waals surface area contributed by atoms with E-state index in [2.05, 4.69) is 19.2 Å². The minimum absolute atomic E-state index is 0.0764. The Morgan fingerprint density at radius 3 is 2.47 bits per heavy atom. The lowest BCUT2D eigenvalue weighted by Crippen LogP contribution is -2.52. The zero-order valence-electron chi connectivity index (χ0n) is 10.5. The van der Waals surface area contributed by atoms with Crippen molar-refractivity contribution in [2.45, 2.75) is 39.2 Å². The lowest BCUT2D eigenvalue weighted by atomic mass is 9.97. The van der Waals surface area contributed by atoms with Crippen molar-refractivity contribution < 1.29 is 4.79 Å². The molecule has 1 unspecified atom stereocenters. The minimum Gasteiger partial charge on any atom is -0.355 e. The van der Waals surface area contributed by atoms with Gasteiger partial charge in [0.25, 0.3) is 0 Å². The van der Waals surface area contributed by atoms with Crippen molar-refractivity contribution in [3.8, 4) is 0 Å². The summed E-state index contributed by atoms with van der Waals surface area (Å²) < 4.78 is 0. The van der Waals surface area contributed by atoms with Crippen molar-refractivity contribution in [2.75, 3.05) is 26.7 Å². The van der Waals surface area contributed by atoms with Gasteiger partial charge in [-0.1, -0.05) is 13.8 Å². The van der Waals surface area contributed by atoms with E-state index in [0.29, 0.717) is 13.1 Å². The quantitative estimate of drug-likeness (QED) is 0.653. The average Bonchev–Trinajstić information content (AvgIpc) is 2.24. The number of rotatable bonds is 7. The highest BCUT2D eigenvalue weighted by Gasteiger charge is 2.26. The summed E-state index contributed by atoms with van der Waals surface area (Å²) in [7, 11) is 1.95. The van der Waals surface area contributed by atoms with E-state index in [1.165, 1.54) is 0 Å². The van der Waals surface area contributed by atoms with Gasteiger partial charge in [-0.2, -0.15) is 0 Å². The molecule has 0 aliphatic rings. The van der Waals surface area contributed by atoms with E-state index < -0.39 is 0 Å². The molecular formula is C11H25N3O. The molecule has 4 nitrogen and oxygen atoms in total. The number of carbonyl (C=O) groups is 1. The van der Waals surface area contributed by atoms with Crippen LogP contribution in [0.15, 0.2) is 0 Å². The summed E-state index contributed by atoms with van der Waals surface area (Å²) in [6, 6.07) is 0. The summed E-state index contributed by atoms with van der Waals surface area (Å²) in [5.41, 5.74) is 5.64. The highest BCUT2D eigenvalue weighted by atomic mass is 16.2.